The third-order valence-electron chi connectivity index (χ3n) is 5.58. The van der Waals surface area contributed by atoms with Crippen LogP contribution in [0.15, 0.2) is 60.7 Å². The Balaban J connectivity index is 2.34. The van der Waals surface area contributed by atoms with Crippen molar-refractivity contribution < 1.29 is 23.5 Å². The Morgan fingerprint density at radius 1 is 0.875 bits per heavy atom. The zero-order valence-electron chi connectivity index (χ0n) is 19.9. The lowest BCUT2D eigenvalue weighted by Crippen LogP contribution is -2.67. The molecule has 0 spiro atoms. The van der Waals surface area contributed by atoms with Crippen LogP contribution in [0.3, 0.4) is 0 Å². The molecule has 32 heavy (non-hydrogen) atoms. The molecule has 2 aromatic rings. The number of esters is 1. The van der Waals surface area contributed by atoms with Crippen LogP contribution in [0, 0.1) is 5.92 Å². The van der Waals surface area contributed by atoms with Crippen LogP contribution in [0.2, 0.25) is 5.04 Å². The minimum Gasteiger partial charge on any atom is -0.452 e. The third-order valence-corrected chi connectivity index (χ3v) is 10.6. The summed E-state index contributed by atoms with van der Waals surface area (Å²) in [5.74, 6) is -1.35. The van der Waals surface area contributed by atoms with Crippen molar-refractivity contribution in [3.63, 3.8) is 0 Å². The SMILES string of the molecule is CC(=O)[C@@H](CC(=O)C(C)C)OC(=O)CO[Si](c1ccccc1)(c1ccccc1)C(C)(C)C. The first-order valence-corrected chi connectivity index (χ1v) is 12.9. The van der Waals surface area contributed by atoms with Crippen LogP contribution in [0.4, 0.5) is 0 Å². The first kappa shape index (κ1) is 25.7. The molecule has 0 bridgehead atoms. The number of carbonyl (C=O) groups is 3. The average Bonchev–Trinajstić information content (AvgIpc) is 2.74. The Bertz CT molecular complexity index is 877. The van der Waals surface area contributed by atoms with E-state index in [1.165, 1.54) is 6.92 Å². The highest BCUT2D eigenvalue weighted by Gasteiger charge is 2.50. The average molecular weight is 455 g/mol. The molecule has 0 fully saturated rings. The minimum atomic E-state index is -2.89. The Morgan fingerprint density at radius 3 is 1.72 bits per heavy atom. The van der Waals surface area contributed by atoms with E-state index in [2.05, 4.69) is 20.8 Å². The van der Waals surface area contributed by atoms with Crippen LogP contribution in [-0.4, -0.2) is 38.6 Å². The van der Waals surface area contributed by atoms with Crippen LogP contribution in [0.5, 0.6) is 0 Å². The highest BCUT2D eigenvalue weighted by atomic mass is 28.4. The molecule has 0 aliphatic rings. The van der Waals surface area contributed by atoms with Gasteiger partial charge in [0.2, 0.25) is 0 Å². The van der Waals surface area contributed by atoms with Gasteiger partial charge in [0, 0.05) is 5.92 Å². The molecule has 0 radical (unpaired) electrons. The van der Waals surface area contributed by atoms with Crippen molar-refractivity contribution in [2.24, 2.45) is 5.92 Å². The lowest BCUT2D eigenvalue weighted by atomic mass is 10.0. The van der Waals surface area contributed by atoms with E-state index in [9.17, 15) is 14.4 Å². The largest absolute Gasteiger partial charge is 0.452 e. The van der Waals surface area contributed by atoms with E-state index in [1.54, 1.807) is 13.8 Å². The van der Waals surface area contributed by atoms with Gasteiger partial charge in [0.1, 0.15) is 12.4 Å². The summed E-state index contributed by atoms with van der Waals surface area (Å²) in [6, 6.07) is 19.9. The van der Waals surface area contributed by atoms with Crippen LogP contribution in [-0.2, 0) is 23.5 Å². The van der Waals surface area contributed by atoms with E-state index < -0.39 is 20.4 Å². The van der Waals surface area contributed by atoms with Crippen molar-refractivity contribution in [1.82, 2.24) is 0 Å². The summed E-state index contributed by atoms with van der Waals surface area (Å²) in [6.07, 6.45) is -1.20. The van der Waals surface area contributed by atoms with Crippen LogP contribution >= 0.6 is 0 Å². The molecule has 0 N–H and O–H groups in total. The van der Waals surface area contributed by atoms with Gasteiger partial charge < -0.3 is 9.16 Å². The van der Waals surface area contributed by atoms with Gasteiger partial charge in [-0.15, -0.1) is 0 Å². The third kappa shape index (κ3) is 6.02. The van der Waals surface area contributed by atoms with Gasteiger partial charge in [-0.1, -0.05) is 95.3 Å². The molecular weight excluding hydrogens is 420 g/mol. The van der Waals surface area contributed by atoms with E-state index in [0.29, 0.717) is 0 Å². The maximum Gasteiger partial charge on any atom is 0.331 e. The second kappa shape index (κ2) is 10.8. The number of hydrogen-bond acceptors (Lipinski definition) is 5. The van der Waals surface area contributed by atoms with Crippen molar-refractivity contribution >= 4 is 36.2 Å². The molecule has 0 aliphatic carbocycles. The van der Waals surface area contributed by atoms with Gasteiger partial charge in [-0.3, -0.25) is 9.59 Å². The Labute approximate surface area is 192 Å². The van der Waals surface area contributed by atoms with Gasteiger partial charge >= 0.3 is 5.97 Å². The molecular formula is C26H34O5Si. The maximum atomic E-state index is 12.8. The van der Waals surface area contributed by atoms with Gasteiger partial charge in [-0.2, -0.15) is 0 Å². The zero-order chi connectivity index (χ0) is 23.9. The summed E-state index contributed by atoms with van der Waals surface area (Å²) in [5.41, 5.74) is 0. The zero-order valence-corrected chi connectivity index (χ0v) is 20.9. The van der Waals surface area contributed by atoms with E-state index >= 15 is 0 Å². The van der Waals surface area contributed by atoms with Gasteiger partial charge in [-0.25, -0.2) is 4.79 Å². The van der Waals surface area contributed by atoms with Gasteiger partial charge in [0.15, 0.2) is 11.9 Å². The molecule has 172 valence electrons. The van der Waals surface area contributed by atoms with Crippen LogP contribution in [0.25, 0.3) is 0 Å². The predicted octanol–water partition coefficient (Wildman–Crippen LogP) is 3.68. The number of carbonyl (C=O) groups excluding carboxylic acids is 3. The van der Waals surface area contributed by atoms with Crippen molar-refractivity contribution in [3.05, 3.63) is 60.7 Å². The molecule has 0 saturated carbocycles. The second-order valence-electron chi connectivity index (χ2n) is 9.37. The van der Waals surface area contributed by atoms with E-state index in [1.807, 2.05) is 60.7 Å². The minimum absolute atomic E-state index is 0.113. The summed E-state index contributed by atoms with van der Waals surface area (Å²) in [7, 11) is -2.89. The summed E-state index contributed by atoms with van der Waals surface area (Å²) >= 11 is 0. The molecule has 0 heterocycles. The molecule has 2 rings (SSSR count). The number of Topliss-reactive ketones (excluding diaryl/α,β-unsaturated/α-hetero) is 2. The Morgan fingerprint density at radius 2 is 1.34 bits per heavy atom. The molecule has 0 unspecified atom stereocenters. The second-order valence-corrected chi connectivity index (χ2v) is 13.7. The molecule has 0 amide bonds. The topological polar surface area (TPSA) is 69.7 Å². The van der Waals surface area contributed by atoms with Crippen molar-refractivity contribution in [2.75, 3.05) is 6.61 Å². The van der Waals surface area contributed by atoms with Gasteiger partial charge in [-0.05, 0) is 22.3 Å². The molecule has 1 atom stereocenters. The summed E-state index contributed by atoms with van der Waals surface area (Å²) in [6.45, 7) is 10.9. The lowest BCUT2D eigenvalue weighted by molar-refractivity contribution is -0.158. The fraction of sp³-hybridized carbons (Fsp3) is 0.423. The summed E-state index contributed by atoms with van der Waals surface area (Å²) in [5, 5.41) is 1.80. The van der Waals surface area contributed by atoms with E-state index in [4.69, 9.17) is 9.16 Å². The van der Waals surface area contributed by atoms with E-state index in [-0.39, 0.29) is 35.6 Å². The van der Waals surface area contributed by atoms with Crippen LogP contribution < -0.4 is 10.4 Å². The molecule has 0 saturated heterocycles. The van der Waals surface area contributed by atoms with E-state index in [0.717, 1.165) is 10.4 Å². The number of ether oxygens (including phenoxy) is 1. The fourth-order valence-corrected chi connectivity index (χ4v) is 8.30. The van der Waals surface area contributed by atoms with Crippen molar-refractivity contribution in [3.8, 4) is 0 Å². The Hall–Kier alpha value is -2.57. The summed E-state index contributed by atoms with van der Waals surface area (Å²) in [4.78, 5) is 36.8. The fourth-order valence-electron chi connectivity index (χ4n) is 3.81. The predicted molar refractivity (Wildman–Crippen MR) is 129 cm³/mol. The standard InChI is InChI=1S/C26H34O5Si/c1-19(2)23(28)17-24(20(3)27)31-25(29)18-30-32(26(4,5)6,21-13-9-7-10-14-21)22-15-11-8-12-16-22/h7-16,19,24H,17-18H2,1-6H3/t24-/m1/s1. The monoisotopic (exact) mass is 454 g/mol. The highest BCUT2D eigenvalue weighted by molar-refractivity contribution is 6.99. The quantitative estimate of drug-likeness (QED) is 0.405. The molecule has 6 heteroatoms. The van der Waals surface area contributed by atoms with Crippen molar-refractivity contribution in [1.29, 1.82) is 0 Å². The summed E-state index contributed by atoms with van der Waals surface area (Å²) < 4.78 is 11.9. The number of hydrogen-bond donors (Lipinski definition) is 0. The Kier molecular flexibility index (Phi) is 8.70. The molecule has 2 aromatic carbocycles. The number of rotatable bonds is 10. The van der Waals surface area contributed by atoms with Gasteiger partial charge in [0.05, 0.1) is 6.42 Å². The maximum absolute atomic E-state index is 12.8. The first-order valence-electron chi connectivity index (χ1n) is 11.0. The van der Waals surface area contributed by atoms with Crippen molar-refractivity contribution in [2.45, 2.75) is 59.1 Å². The first-order chi connectivity index (χ1) is 15.0. The normalized spacial score (nSPS) is 13.0. The number of ketones is 2. The molecule has 0 aliphatic heterocycles. The number of benzene rings is 2. The lowest BCUT2D eigenvalue weighted by Gasteiger charge is -2.42. The highest BCUT2D eigenvalue weighted by Crippen LogP contribution is 2.36. The molecule has 5 nitrogen and oxygen atoms in total. The smallest absolute Gasteiger partial charge is 0.331 e. The van der Waals surface area contributed by atoms with Gasteiger partial charge in [0.25, 0.3) is 8.32 Å². The molecule has 0 aromatic heterocycles. The van der Waals surface area contributed by atoms with Crippen LogP contribution in [0.1, 0.15) is 48.0 Å².